The second-order valence-corrected chi connectivity index (χ2v) is 3.92. The average molecular weight is 261 g/mol. The molecule has 0 spiro atoms. The smallest absolute Gasteiger partial charge is 0.0412 e. The molecule has 0 unspecified atom stereocenters. The van der Waals surface area contributed by atoms with Crippen LogP contribution >= 0.6 is 27.5 Å². The second kappa shape index (κ2) is 5.43. The summed E-state index contributed by atoms with van der Waals surface area (Å²) in [6.45, 7) is 0.860. The molecule has 0 amide bonds. The zero-order valence-electron chi connectivity index (χ0n) is 7.35. The molecule has 0 bridgehead atoms. The van der Waals surface area contributed by atoms with E-state index in [9.17, 15) is 0 Å². The fourth-order valence-electron chi connectivity index (χ4n) is 0.946. The zero-order valence-corrected chi connectivity index (χ0v) is 9.69. The van der Waals surface area contributed by atoms with Crippen LogP contribution in [0.15, 0.2) is 28.7 Å². The van der Waals surface area contributed by atoms with E-state index in [-0.39, 0.29) is 0 Å². The molecule has 0 heterocycles. The molecule has 0 atom stereocenters. The van der Waals surface area contributed by atoms with Gasteiger partial charge in [-0.15, -0.1) is 0 Å². The Balaban J connectivity index is 2.81. The maximum absolute atomic E-state index is 5.86. The summed E-state index contributed by atoms with van der Waals surface area (Å²) in [6, 6.07) is 5.74. The third kappa shape index (κ3) is 3.51. The average Bonchev–Trinajstić information content (AvgIpc) is 2.11. The molecule has 1 rings (SSSR count). The topological polar surface area (TPSA) is 12.0 Å². The first kappa shape index (κ1) is 10.8. The van der Waals surface area contributed by atoms with Crippen molar-refractivity contribution in [2.75, 3.05) is 13.6 Å². The van der Waals surface area contributed by atoms with E-state index < -0.39 is 0 Å². The summed E-state index contributed by atoms with van der Waals surface area (Å²) in [5.41, 5.74) is 1.10. The molecule has 70 valence electrons. The summed E-state index contributed by atoms with van der Waals surface area (Å²) < 4.78 is 1.06. The number of rotatable bonds is 3. The number of likely N-dealkylation sites (N-methyl/N-ethyl adjacent to an activating group) is 1. The Labute approximate surface area is 91.9 Å². The van der Waals surface area contributed by atoms with Gasteiger partial charge in [0.2, 0.25) is 0 Å². The molecule has 0 aliphatic rings. The summed E-state index contributed by atoms with van der Waals surface area (Å²) in [7, 11) is 1.91. The standard InChI is InChI=1S/C10H11BrClN/c1-13-6-2-3-8-7-9(12)4-5-10(8)11/h2-5,7,13H,6H2,1H3. The van der Waals surface area contributed by atoms with Crippen LogP contribution in [0.4, 0.5) is 0 Å². The number of hydrogen-bond acceptors (Lipinski definition) is 1. The van der Waals surface area contributed by atoms with Gasteiger partial charge in [-0.1, -0.05) is 39.7 Å². The van der Waals surface area contributed by atoms with Crippen molar-refractivity contribution in [3.63, 3.8) is 0 Å². The van der Waals surface area contributed by atoms with E-state index >= 15 is 0 Å². The minimum Gasteiger partial charge on any atom is -0.316 e. The Morgan fingerprint density at radius 1 is 1.54 bits per heavy atom. The molecule has 1 N–H and O–H groups in total. The van der Waals surface area contributed by atoms with Crippen LogP contribution in [0.2, 0.25) is 5.02 Å². The zero-order chi connectivity index (χ0) is 9.68. The molecule has 13 heavy (non-hydrogen) atoms. The summed E-state index contributed by atoms with van der Waals surface area (Å²) >= 11 is 9.31. The third-order valence-electron chi connectivity index (χ3n) is 1.58. The highest BCUT2D eigenvalue weighted by Gasteiger charge is 1.95. The number of nitrogens with one attached hydrogen (secondary N) is 1. The first-order valence-electron chi connectivity index (χ1n) is 4.00. The van der Waals surface area contributed by atoms with Crippen LogP contribution in [0.25, 0.3) is 6.08 Å². The van der Waals surface area contributed by atoms with Gasteiger partial charge in [-0.25, -0.2) is 0 Å². The molecule has 1 aromatic rings. The molecule has 1 aromatic carbocycles. The fourth-order valence-corrected chi connectivity index (χ4v) is 1.51. The highest BCUT2D eigenvalue weighted by molar-refractivity contribution is 9.10. The lowest BCUT2D eigenvalue weighted by Gasteiger charge is -1.98. The molecule has 3 heteroatoms. The van der Waals surface area contributed by atoms with Gasteiger partial charge in [0.25, 0.3) is 0 Å². The van der Waals surface area contributed by atoms with Crippen LogP contribution in [0.5, 0.6) is 0 Å². The van der Waals surface area contributed by atoms with Gasteiger partial charge in [-0.3, -0.25) is 0 Å². The van der Waals surface area contributed by atoms with Gasteiger partial charge >= 0.3 is 0 Å². The Morgan fingerprint density at radius 2 is 2.31 bits per heavy atom. The van der Waals surface area contributed by atoms with E-state index in [2.05, 4.69) is 27.3 Å². The van der Waals surface area contributed by atoms with Crippen molar-refractivity contribution < 1.29 is 0 Å². The molecule has 0 aliphatic carbocycles. The number of halogens is 2. The summed E-state index contributed by atoms with van der Waals surface area (Å²) in [6.07, 6.45) is 4.09. The summed E-state index contributed by atoms with van der Waals surface area (Å²) in [5, 5.41) is 3.79. The van der Waals surface area contributed by atoms with Crippen molar-refractivity contribution >= 4 is 33.6 Å². The summed E-state index contributed by atoms with van der Waals surface area (Å²) in [4.78, 5) is 0. The van der Waals surface area contributed by atoms with E-state index in [1.807, 2.05) is 31.3 Å². The quantitative estimate of drug-likeness (QED) is 0.879. The molecule has 0 fully saturated rings. The minimum atomic E-state index is 0.757. The van der Waals surface area contributed by atoms with Crippen LogP contribution in [-0.2, 0) is 0 Å². The first-order chi connectivity index (χ1) is 6.24. The molecule has 1 nitrogen and oxygen atoms in total. The highest BCUT2D eigenvalue weighted by Crippen LogP contribution is 2.22. The molecule has 0 aromatic heterocycles. The van der Waals surface area contributed by atoms with E-state index in [4.69, 9.17) is 11.6 Å². The minimum absolute atomic E-state index is 0.757. The van der Waals surface area contributed by atoms with E-state index in [0.717, 1.165) is 21.6 Å². The maximum Gasteiger partial charge on any atom is 0.0412 e. The normalized spacial score (nSPS) is 11.0. The van der Waals surface area contributed by atoms with Gasteiger partial charge < -0.3 is 5.32 Å². The van der Waals surface area contributed by atoms with Gasteiger partial charge in [-0.2, -0.15) is 0 Å². The lowest BCUT2D eigenvalue weighted by atomic mass is 10.2. The lowest BCUT2D eigenvalue weighted by Crippen LogP contribution is -2.03. The largest absolute Gasteiger partial charge is 0.316 e. The molecular weight excluding hydrogens is 249 g/mol. The monoisotopic (exact) mass is 259 g/mol. The van der Waals surface area contributed by atoms with Gasteiger partial charge in [0.1, 0.15) is 0 Å². The summed E-state index contributed by atoms with van der Waals surface area (Å²) in [5.74, 6) is 0. The van der Waals surface area contributed by atoms with Crippen LogP contribution in [-0.4, -0.2) is 13.6 Å². The van der Waals surface area contributed by atoms with Crippen molar-refractivity contribution in [1.29, 1.82) is 0 Å². The molecular formula is C10H11BrClN. The van der Waals surface area contributed by atoms with Crippen LogP contribution in [0, 0.1) is 0 Å². The van der Waals surface area contributed by atoms with Crippen molar-refractivity contribution in [2.45, 2.75) is 0 Å². The third-order valence-corrected chi connectivity index (χ3v) is 2.53. The molecule has 0 radical (unpaired) electrons. The van der Waals surface area contributed by atoms with E-state index in [1.54, 1.807) is 0 Å². The maximum atomic E-state index is 5.86. The second-order valence-electron chi connectivity index (χ2n) is 2.63. The number of hydrogen-bond donors (Lipinski definition) is 1. The van der Waals surface area contributed by atoms with Crippen molar-refractivity contribution in [2.24, 2.45) is 0 Å². The van der Waals surface area contributed by atoms with Gasteiger partial charge in [0.05, 0.1) is 0 Å². The van der Waals surface area contributed by atoms with Gasteiger partial charge in [0.15, 0.2) is 0 Å². The predicted octanol–water partition coefficient (Wildman–Crippen LogP) is 3.34. The Hall–Kier alpha value is -0.310. The van der Waals surface area contributed by atoms with E-state index in [0.29, 0.717) is 0 Å². The lowest BCUT2D eigenvalue weighted by molar-refractivity contribution is 0.922. The predicted molar refractivity (Wildman–Crippen MR) is 62.1 cm³/mol. The molecule has 0 saturated heterocycles. The van der Waals surface area contributed by atoms with Crippen molar-refractivity contribution in [1.82, 2.24) is 5.32 Å². The van der Waals surface area contributed by atoms with Gasteiger partial charge in [0, 0.05) is 16.0 Å². The number of benzene rings is 1. The van der Waals surface area contributed by atoms with Crippen LogP contribution in [0.1, 0.15) is 5.56 Å². The SMILES string of the molecule is CNCC=Cc1cc(Cl)ccc1Br. The van der Waals surface area contributed by atoms with Crippen molar-refractivity contribution in [3.05, 3.63) is 39.3 Å². The highest BCUT2D eigenvalue weighted by atomic mass is 79.9. The van der Waals surface area contributed by atoms with Crippen LogP contribution in [0.3, 0.4) is 0 Å². The van der Waals surface area contributed by atoms with Crippen molar-refractivity contribution in [3.8, 4) is 0 Å². The first-order valence-corrected chi connectivity index (χ1v) is 5.17. The van der Waals surface area contributed by atoms with Gasteiger partial charge in [-0.05, 0) is 30.8 Å². The fraction of sp³-hybridized carbons (Fsp3) is 0.200. The molecule has 0 saturated carbocycles. The van der Waals surface area contributed by atoms with E-state index in [1.165, 1.54) is 0 Å². The Morgan fingerprint density at radius 3 is 3.00 bits per heavy atom. The Bertz CT molecular complexity index is 310. The Kier molecular flexibility index (Phi) is 4.50. The molecule has 0 aliphatic heterocycles. The van der Waals surface area contributed by atoms with Crippen LogP contribution < -0.4 is 5.32 Å².